The molecule has 15 nitrogen and oxygen atoms in total. The van der Waals surface area contributed by atoms with Crippen molar-refractivity contribution in [2.24, 2.45) is 0 Å². The number of esters is 1. The molecule has 0 aliphatic carbocycles. The van der Waals surface area contributed by atoms with E-state index in [4.69, 9.17) is 23.1 Å². The van der Waals surface area contributed by atoms with Crippen LogP contribution in [0.1, 0.15) is 18.6 Å². The molecule has 0 aliphatic rings. The summed E-state index contributed by atoms with van der Waals surface area (Å²) >= 11 is 12.5. The Balaban J connectivity index is 0.000000270. The van der Waals surface area contributed by atoms with Crippen LogP contribution in [0.15, 0.2) is 19.2 Å². The summed E-state index contributed by atoms with van der Waals surface area (Å²) in [6.45, 7) is 1.77. The fraction of sp³-hybridized carbons (Fsp3) is 0.250. The number of halogens is 1. The van der Waals surface area contributed by atoms with Crippen molar-refractivity contribution in [2.75, 3.05) is 18.1 Å². The standard InChI is InChI=1S/C7H6N4O3S.C5H8N4OS.C4H5ClO3/c12-5-3-4(8-2(1-15)9-5)11-7(14)6(13)10-3;6-3-4(7)8-2(1-11)9-5(3)10;1-2-8-4(7)3(5)6/h15H,1H2,(H,10,13)(H2,8,9,11,12,14);11H,1,6H2,(H3,7,8,9,10);2H2,1H3. The van der Waals surface area contributed by atoms with E-state index in [1.807, 2.05) is 0 Å². The monoisotopic (exact) mass is 534 g/mol. The zero-order valence-electron chi connectivity index (χ0n) is 17.3. The topological polar surface area (TPSA) is 253 Å². The Morgan fingerprint density at radius 2 is 1.41 bits per heavy atom. The molecule has 0 bridgehead atoms. The van der Waals surface area contributed by atoms with Crippen molar-refractivity contribution in [1.29, 1.82) is 0 Å². The van der Waals surface area contributed by atoms with E-state index in [1.54, 1.807) is 6.92 Å². The van der Waals surface area contributed by atoms with Gasteiger partial charge in [0.2, 0.25) is 0 Å². The van der Waals surface area contributed by atoms with Crippen molar-refractivity contribution in [1.82, 2.24) is 29.9 Å². The number of anilines is 2. The Morgan fingerprint density at radius 3 is 1.88 bits per heavy atom. The second kappa shape index (κ2) is 13.2. The number of fused-ring (bicyclic) bond motifs is 1. The number of nitrogen functional groups attached to an aromatic ring is 2. The van der Waals surface area contributed by atoms with Crippen LogP contribution in [0, 0.1) is 0 Å². The van der Waals surface area contributed by atoms with E-state index >= 15 is 0 Å². The summed E-state index contributed by atoms with van der Waals surface area (Å²) in [5, 5.41) is -1.08. The van der Waals surface area contributed by atoms with Gasteiger partial charge in [-0.2, -0.15) is 25.3 Å². The third-order valence-electron chi connectivity index (χ3n) is 3.41. The summed E-state index contributed by atoms with van der Waals surface area (Å²) in [7, 11) is 0. The predicted molar refractivity (Wildman–Crippen MR) is 130 cm³/mol. The zero-order valence-corrected chi connectivity index (χ0v) is 19.8. The number of hydrogen-bond donors (Lipinski definition) is 8. The predicted octanol–water partition coefficient (Wildman–Crippen LogP) is -1.59. The second-order valence-electron chi connectivity index (χ2n) is 5.77. The van der Waals surface area contributed by atoms with Gasteiger partial charge in [-0.15, -0.1) is 0 Å². The summed E-state index contributed by atoms with van der Waals surface area (Å²) in [6, 6.07) is 0. The Bertz CT molecular complexity index is 1420. The first-order valence-electron chi connectivity index (χ1n) is 8.92. The number of nitrogens with one attached hydrogen (secondary N) is 4. The van der Waals surface area contributed by atoms with Crippen LogP contribution in [-0.2, 0) is 25.8 Å². The van der Waals surface area contributed by atoms with Crippen LogP contribution in [0.3, 0.4) is 0 Å². The summed E-state index contributed by atoms with van der Waals surface area (Å²) in [6.07, 6.45) is 0. The molecule has 0 saturated carbocycles. The molecule has 0 saturated heterocycles. The third kappa shape index (κ3) is 8.09. The minimum absolute atomic E-state index is 0.0458. The maximum atomic E-state index is 11.4. The maximum absolute atomic E-state index is 11.4. The van der Waals surface area contributed by atoms with E-state index < -0.39 is 33.4 Å². The number of nitrogens with two attached hydrogens (primary N) is 2. The molecule has 0 spiro atoms. The number of rotatable bonds is 4. The highest BCUT2D eigenvalue weighted by Gasteiger charge is 2.09. The van der Waals surface area contributed by atoms with Gasteiger partial charge in [0.1, 0.15) is 17.3 Å². The highest BCUT2D eigenvalue weighted by molar-refractivity contribution is 7.79. The van der Waals surface area contributed by atoms with Crippen molar-refractivity contribution in [3.63, 3.8) is 0 Å². The van der Waals surface area contributed by atoms with Crippen molar-refractivity contribution in [2.45, 2.75) is 18.4 Å². The second-order valence-corrected chi connectivity index (χ2v) is 6.74. The van der Waals surface area contributed by atoms with Crippen molar-refractivity contribution in [3.8, 4) is 0 Å². The van der Waals surface area contributed by atoms with Crippen LogP contribution in [0.5, 0.6) is 0 Å². The third-order valence-corrected chi connectivity index (χ3v) is 4.17. The van der Waals surface area contributed by atoms with Gasteiger partial charge >= 0.3 is 22.3 Å². The van der Waals surface area contributed by atoms with Gasteiger partial charge in [-0.25, -0.2) is 14.8 Å². The molecule has 184 valence electrons. The van der Waals surface area contributed by atoms with Gasteiger partial charge < -0.3 is 36.1 Å². The molecule has 3 aromatic heterocycles. The summed E-state index contributed by atoms with van der Waals surface area (Å²) in [5.74, 6) is 0.363. The Kier molecular flexibility index (Phi) is 11.1. The van der Waals surface area contributed by atoms with Crippen LogP contribution in [0.25, 0.3) is 11.2 Å². The molecule has 18 heteroatoms. The maximum Gasteiger partial charge on any atom is 0.391 e. The van der Waals surface area contributed by atoms with E-state index in [0.717, 1.165) is 0 Å². The van der Waals surface area contributed by atoms with E-state index in [1.165, 1.54) is 0 Å². The number of aromatic nitrogens is 6. The van der Waals surface area contributed by atoms with Gasteiger partial charge in [0.15, 0.2) is 17.0 Å². The fourth-order valence-electron chi connectivity index (χ4n) is 1.95. The lowest BCUT2D eigenvalue weighted by Crippen LogP contribution is -2.31. The van der Waals surface area contributed by atoms with Gasteiger partial charge in [-0.1, -0.05) is 0 Å². The van der Waals surface area contributed by atoms with E-state index in [-0.39, 0.29) is 35.0 Å². The molecule has 0 atom stereocenters. The van der Waals surface area contributed by atoms with Crippen molar-refractivity contribution in [3.05, 3.63) is 53.1 Å². The smallest absolute Gasteiger partial charge is 0.391 e. The Morgan fingerprint density at radius 1 is 0.882 bits per heavy atom. The van der Waals surface area contributed by atoms with Gasteiger partial charge in [0.25, 0.3) is 11.1 Å². The molecule has 0 aliphatic heterocycles. The van der Waals surface area contributed by atoms with Gasteiger partial charge in [-0.3, -0.25) is 24.0 Å². The average molecular weight is 535 g/mol. The lowest BCUT2D eigenvalue weighted by Gasteiger charge is -1.99. The molecule has 3 heterocycles. The quantitative estimate of drug-likeness (QED) is 0.0818. The molecule has 0 fully saturated rings. The summed E-state index contributed by atoms with van der Waals surface area (Å²) in [5.41, 5.74) is 7.85. The molecule has 3 rings (SSSR count). The lowest BCUT2D eigenvalue weighted by molar-refractivity contribution is -0.149. The minimum atomic E-state index is -1.08. The lowest BCUT2D eigenvalue weighted by atomic mass is 10.5. The molecule has 8 N–H and O–H groups in total. The van der Waals surface area contributed by atoms with Crippen LogP contribution < -0.4 is 33.7 Å². The van der Waals surface area contributed by atoms with Gasteiger partial charge in [-0.05, 0) is 18.5 Å². The fourth-order valence-corrected chi connectivity index (χ4v) is 2.30. The molecule has 3 aromatic rings. The SMILES string of the molecule is CCOC(=O)C(=O)Cl.Nc1nc(CS)[nH]c(=O)c1N.O=c1[nH]c2nc(CS)[nH]c(=O)c2[nH]c1=O. The molecule has 34 heavy (non-hydrogen) atoms. The average Bonchev–Trinajstić information content (AvgIpc) is 2.79. The zero-order chi connectivity index (χ0) is 26.0. The van der Waals surface area contributed by atoms with Crippen LogP contribution in [0.2, 0.25) is 0 Å². The molecule has 0 radical (unpaired) electrons. The molecule has 0 unspecified atom stereocenters. The Labute approximate surface area is 204 Å². The summed E-state index contributed by atoms with van der Waals surface area (Å²) < 4.78 is 4.18. The van der Waals surface area contributed by atoms with E-state index in [9.17, 15) is 28.8 Å². The number of nitrogens with zero attached hydrogens (tertiary/aromatic N) is 2. The number of ether oxygens (including phenoxy) is 1. The number of hydrogen-bond acceptors (Lipinski definition) is 13. The highest BCUT2D eigenvalue weighted by Crippen LogP contribution is 2.04. The Hall–Kier alpha value is -3.57. The number of H-pyrrole nitrogens is 4. The normalized spacial score (nSPS) is 9.88. The summed E-state index contributed by atoms with van der Waals surface area (Å²) in [4.78, 5) is 80.9. The number of carbonyl (C=O) groups is 2. The molecular formula is C16H19ClN8O7S2. The largest absolute Gasteiger partial charge is 0.459 e. The van der Waals surface area contributed by atoms with E-state index in [0.29, 0.717) is 17.4 Å². The number of thiol groups is 2. The molecular weight excluding hydrogens is 516 g/mol. The van der Waals surface area contributed by atoms with Crippen LogP contribution in [-0.4, -0.2) is 47.7 Å². The van der Waals surface area contributed by atoms with Gasteiger partial charge in [0, 0.05) is 11.5 Å². The van der Waals surface area contributed by atoms with Crippen LogP contribution in [0.4, 0.5) is 11.5 Å². The first-order chi connectivity index (χ1) is 15.9. The first-order valence-corrected chi connectivity index (χ1v) is 10.6. The minimum Gasteiger partial charge on any atom is -0.459 e. The molecule has 0 aromatic carbocycles. The first kappa shape index (κ1) is 28.5. The molecule has 0 amide bonds. The number of aromatic amines is 4. The van der Waals surface area contributed by atoms with Crippen molar-refractivity contribution < 1.29 is 14.3 Å². The number of carbonyl (C=O) groups excluding carboxylic acids is 2. The van der Waals surface area contributed by atoms with E-state index in [2.05, 4.69) is 59.9 Å². The van der Waals surface area contributed by atoms with Gasteiger partial charge in [0.05, 0.1) is 6.61 Å². The van der Waals surface area contributed by atoms with Crippen LogP contribution >= 0.6 is 36.9 Å². The van der Waals surface area contributed by atoms with Crippen molar-refractivity contribution >= 4 is 70.7 Å². The highest BCUT2D eigenvalue weighted by atomic mass is 35.5.